The number of likely N-dealkylation sites (N-methyl/N-ethyl adjacent to an activating group) is 1. The lowest BCUT2D eigenvalue weighted by atomic mass is 9.77. The third kappa shape index (κ3) is 3.38. The third-order valence-corrected chi connectivity index (χ3v) is 6.65. The van der Waals surface area contributed by atoms with E-state index in [2.05, 4.69) is 27.9 Å². The highest BCUT2D eigenvalue weighted by Gasteiger charge is 2.39. The van der Waals surface area contributed by atoms with Gasteiger partial charge in [-0.25, -0.2) is 9.97 Å². The van der Waals surface area contributed by atoms with Crippen molar-refractivity contribution in [3.63, 3.8) is 0 Å². The summed E-state index contributed by atoms with van der Waals surface area (Å²) >= 11 is 0. The predicted octanol–water partition coefficient (Wildman–Crippen LogP) is 3.26. The van der Waals surface area contributed by atoms with Crippen LogP contribution in [0.15, 0.2) is 12.3 Å². The molecule has 0 aromatic carbocycles. The molecule has 1 saturated carbocycles. The van der Waals surface area contributed by atoms with Crippen molar-refractivity contribution < 1.29 is 4.79 Å². The van der Waals surface area contributed by atoms with Gasteiger partial charge in [0.15, 0.2) is 0 Å². The van der Waals surface area contributed by atoms with E-state index in [1.807, 2.05) is 20.0 Å². The lowest BCUT2D eigenvalue weighted by molar-refractivity contribution is -0.126. The second-order valence-corrected chi connectivity index (χ2v) is 8.89. The lowest BCUT2D eigenvalue weighted by Crippen LogP contribution is -2.52. The molecule has 3 fully saturated rings. The molecular formula is C21H32N4O. The zero-order valence-corrected chi connectivity index (χ0v) is 16.4. The maximum absolute atomic E-state index is 12.3. The normalized spacial score (nSPS) is 32.2. The van der Waals surface area contributed by atoms with Gasteiger partial charge in [-0.15, -0.1) is 0 Å². The lowest BCUT2D eigenvalue weighted by Gasteiger charge is -2.40. The van der Waals surface area contributed by atoms with Crippen LogP contribution in [0, 0.1) is 11.8 Å². The predicted molar refractivity (Wildman–Crippen MR) is 103 cm³/mol. The molecule has 2 aliphatic heterocycles. The Morgan fingerprint density at radius 1 is 1.08 bits per heavy atom. The topological polar surface area (TPSA) is 49.3 Å². The Bertz CT molecular complexity index is 639. The average molecular weight is 357 g/mol. The fourth-order valence-corrected chi connectivity index (χ4v) is 5.30. The van der Waals surface area contributed by atoms with Gasteiger partial charge in [-0.2, -0.15) is 0 Å². The van der Waals surface area contributed by atoms with Crippen molar-refractivity contribution in [3.05, 3.63) is 18.1 Å². The molecule has 142 valence electrons. The van der Waals surface area contributed by atoms with Crippen LogP contribution in [0.25, 0.3) is 0 Å². The van der Waals surface area contributed by atoms with Crippen LogP contribution in [0.1, 0.15) is 64.1 Å². The van der Waals surface area contributed by atoms with Gasteiger partial charge in [-0.3, -0.25) is 4.79 Å². The Kier molecular flexibility index (Phi) is 5.00. The van der Waals surface area contributed by atoms with Gasteiger partial charge in [0.05, 0.1) is 0 Å². The molecule has 0 N–H and O–H groups in total. The molecule has 3 aliphatic rings. The zero-order chi connectivity index (χ0) is 18.3. The minimum Gasteiger partial charge on any atom is -0.348 e. The standard InChI is InChI=1S/C21H32N4O/c1-14(2)20(26)15-4-6-16(7-5-15)21-22-11-10-19(23-21)25-17-8-9-18(25)13-24(3)12-17/h10-11,14-18H,4-9,12-13H2,1-3H3. The van der Waals surface area contributed by atoms with Gasteiger partial charge >= 0.3 is 0 Å². The summed E-state index contributed by atoms with van der Waals surface area (Å²) in [4.78, 5) is 26.9. The third-order valence-electron chi connectivity index (χ3n) is 6.65. The van der Waals surface area contributed by atoms with Gasteiger partial charge in [0.1, 0.15) is 17.4 Å². The Morgan fingerprint density at radius 2 is 1.73 bits per heavy atom. The van der Waals surface area contributed by atoms with Gasteiger partial charge in [-0.05, 0) is 51.6 Å². The fraction of sp³-hybridized carbons (Fsp3) is 0.762. The van der Waals surface area contributed by atoms with Crippen molar-refractivity contribution in [3.8, 4) is 0 Å². The number of hydrogen-bond acceptors (Lipinski definition) is 5. The molecule has 2 atom stereocenters. The number of ketones is 1. The summed E-state index contributed by atoms with van der Waals surface area (Å²) in [5.74, 6) is 3.38. The molecule has 1 aliphatic carbocycles. The summed E-state index contributed by atoms with van der Waals surface area (Å²) in [5.41, 5.74) is 0. The van der Waals surface area contributed by atoms with E-state index in [4.69, 9.17) is 4.98 Å². The number of aromatic nitrogens is 2. The maximum Gasteiger partial charge on any atom is 0.138 e. The van der Waals surface area contributed by atoms with E-state index in [0.29, 0.717) is 23.8 Å². The van der Waals surface area contributed by atoms with Gasteiger partial charge in [-0.1, -0.05) is 13.8 Å². The van der Waals surface area contributed by atoms with Crippen molar-refractivity contribution in [2.24, 2.45) is 11.8 Å². The molecule has 2 bridgehead atoms. The average Bonchev–Trinajstić information content (AvgIpc) is 2.92. The van der Waals surface area contributed by atoms with Gasteiger partial charge < -0.3 is 9.80 Å². The maximum atomic E-state index is 12.3. The Morgan fingerprint density at radius 3 is 2.35 bits per heavy atom. The fourth-order valence-electron chi connectivity index (χ4n) is 5.30. The molecule has 0 amide bonds. The summed E-state index contributed by atoms with van der Waals surface area (Å²) in [7, 11) is 2.23. The van der Waals surface area contributed by atoms with Crippen LogP contribution in [0.5, 0.6) is 0 Å². The number of carbonyl (C=O) groups is 1. The number of carbonyl (C=O) groups excluding carboxylic acids is 1. The number of rotatable bonds is 4. The minimum atomic E-state index is 0.156. The van der Waals surface area contributed by atoms with E-state index >= 15 is 0 Å². The highest BCUT2D eigenvalue weighted by molar-refractivity contribution is 5.82. The first-order chi connectivity index (χ1) is 12.5. The molecule has 2 unspecified atom stereocenters. The van der Waals surface area contributed by atoms with Gasteiger partial charge in [0.25, 0.3) is 0 Å². The van der Waals surface area contributed by atoms with Crippen LogP contribution in [-0.2, 0) is 4.79 Å². The van der Waals surface area contributed by atoms with Crippen molar-refractivity contribution in [1.29, 1.82) is 0 Å². The van der Waals surface area contributed by atoms with Gasteiger partial charge in [0, 0.05) is 49.1 Å². The number of likely N-dealkylation sites (tertiary alicyclic amines) is 1. The number of Topliss-reactive ketones (excluding diaryl/α,β-unsaturated/α-hetero) is 1. The number of anilines is 1. The number of fused-ring (bicyclic) bond motifs is 2. The second kappa shape index (κ2) is 7.26. The first-order valence-electron chi connectivity index (χ1n) is 10.4. The minimum absolute atomic E-state index is 0.156. The van der Waals surface area contributed by atoms with Crippen molar-refractivity contribution in [2.75, 3.05) is 25.0 Å². The van der Waals surface area contributed by atoms with Crippen LogP contribution in [-0.4, -0.2) is 52.9 Å². The largest absolute Gasteiger partial charge is 0.348 e. The molecule has 0 radical (unpaired) electrons. The van der Waals surface area contributed by atoms with Crippen LogP contribution >= 0.6 is 0 Å². The van der Waals surface area contributed by atoms with E-state index in [0.717, 1.165) is 50.4 Å². The van der Waals surface area contributed by atoms with Crippen LogP contribution < -0.4 is 4.90 Å². The van der Waals surface area contributed by atoms with E-state index in [9.17, 15) is 4.79 Å². The molecule has 26 heavy (non-hydrogen) atoms. The summed E-state index contributed by atoms with van der Waals surface area (Å²) in [6, 6.07) is 3.29. The Labute approximate surface area is 157 Å². The summed E-state index contributed by atoms with van der Waals surface area (Å²) in [6.07, 6.45) is 8.57. The van der Waals surface area contributed by atoms with Crippen molar-refractivity contribution in [2.45, 2.75) is 70.4 Å². The van der Waals surface area contributed by atoms with E-state index in [1.54, 1.807) is 0 Å². The number of hydrogen-bond donors (Lipinski definition) is 0. The zero-order valence-electron chi connectivity index (χ0n) is 16.4. The summed E-state index contributed by atoms with van der Waals surface area (Å²) in [5, 5.41) is 0. The Hall–Kier alpha value is -1.49. The highest BCUT2D eigenvalue weighted by atomic mass is 16.1. The quantitative estimate of drug-likeness (QED) is 0.829. The van der Waals surface area contributed by atoms with Gasteiger partial charge in [0.2, 0.25) is 0 Å². The van der Waals surface area contributed by atoms with Crippen LogP contribution in [0.4, 0.5) is 5.82 Å². The molecule has 1 aromatic heterocycles. The molecular weight excluding hydrogens is 324 g/mol. The van der Waals surface area contributed by atoms with Crippen LogP contribution in [0.2, 0.25) is 0 Å². The molecule has 2 saturated heterocycles. The first-order valence-corrected chi connectivity index (χ1v) is 10.4. The monoisotopic (exact) mass is 356 g/mol. The summed E-state index contributed by atoms with van der Waals surface area (Å²) in [6.45, 7) is 6.31. The first kappa shape index (κ1) is 17.9. The molecule has 3 heterocycles. The Balaban J connectivity index is 1.45. The molecule has 5 heteroatoms. The van der Waals surface area contributed by atoms with Crippen molar-refractivity contribution >= 4 is 11.6 Å². The number of piperazine rings is 1. The van der Waals surface area contributed by atoms with Crippen molar-refractivity contribution in [1.82, 2.24) is 14.9 Å². The molecule has 1 aromatic rings. The van der Waals surface area contributed by atoms with Crippen LogP contribution in [0.3, 0.4) is 0 Å². The highest BCUT2D eigenvalue weighted by Crippen LogP contribution is 2.37. The SMILES string of the molecule is CC(C)C(=O)C1CCC(c2nccc(N3C4CCC3CN(C)C4)n2)CC1. The molecule has 0 spiro atoms. The summed E-state index contributed by atoms with van der Waals surface area (Å²) < 4.78 is 0. The second-order valence-electron chi connectivity index (χ2n) is 8.89. The molecule has 5 nitrogen and oxygen atoms in total. The number of nitrogens with zero attached hydrogens (tertiary/aromatic N) is 4. The smallest absolute Gasteiger partial charge is 0.138 e. The van der Waals surface area contributed by atoms with E-state index in [1.165, 1.54) is 12.8 Å². The van der Waals surface area contributed by atoms with E-state index in [-0.39, 0.29) is 11.8 Å². The molecule has 4 rings (SSSR count). The van der Waals surface area contributed by atoms with E-state index < -0.39 is 0 Å².